The Morgan fingerprint density at radius 2 is 2.29 bits per heavy atom. The molecular weight excluding hydrogens is 304 g/mol. The molecule has 2 N–H and O–H groups in total. The highest BCUT2D eigenvalue weighted by molar-refractivity contribution is 7.99. The van der Waals surface area contributed by atoms with E-state index in [1.807, 2.05) is 41.8 Å². The molecular formula is C14H12N4OS2. The van der Waals surface area contributed by atoms with Crippen LogP contribution in [-0.2, 0) is 4.79 Å². The summed E-state index contributed by atoms with van der Waals surface area (Å²) in [4.78, 5) is 20.2. The van der Waals surface area contributed by atoms with E-state index in [1.54, 1.807) is 17.6 Å². The highest BCUT2D eigenvalue weighted by Crippen LogP contribution is 2.18. The van der Waals surface area contributed by atoms with Crippen molar-refractivity contribution >= 4 is 46.3 Å². The lowest BCUT2D eigenvalue weighted by Crippen LogP contribution is -2.19. The largest absolute Gasteiger partial charge is 0.333 e. The van der Waals surface area contributed by atoms with E-state index in [-0.39, 0.29) is 11.7 Å². The number of benzene rings is 1. The number of nitrogens with one attached hydrogen (secondary N) is 2. The smallest absolute Gasteiger partial charge is 0.250 e. The van der Waals surface area contributed by atoms with Crippen molar-refractivity contribution in [2.24, 2.45) is 5.10 Å². The van der Waals surface area contributed by atoms with Crippen molar-refractivity contribution in [3.63, 3.8) is 0 Å². The molecule has 0 radical (unpaired) electrons. The number of thiophene rings is 1. The van der Waals surface area contributed by atoms with Gasteiger partial charge in [-0.1, -0.05) is 30.0 Å². The van der Waals surface area contributed by atoms with Gasteiger partial charge in [0.2, 0.25) is 0 Å². The predicted molar refractivity (Wildman–Crippen MR) is 86.9 cm³/mol. The van der Waals surface area contributed by atoms with Crippen LogP contribution in [-0.4, -0.2) is 27.8 Å². The van der Waals surface area contributed by atoms with Crippen molar-refractivity contribution in [2.75, 3.05) is 5.75 Å². The molecule has 0 fully saturated rings. The van der Waals surface area contributed by atoms with Crippen LogP contribution in [0.4, 0.5) is 0 Å². The first-order valence-corrected chi connectivity index (χ1v) is 8.11. The maximum atomic E-state index is 11.7. The van der Waals surface area contributed by atoms with Crippen LogP contribution in [0.1, 0.15) is 4.88 Å². The number of H-pyrrole nitrogens is 1. The molecule has 3 aromatic rings. The van der Waals surface area contributed by atoms with Crippen LogP contribution in [0.25, 0.3) is 11.0 Å². The number of hydrogen-bond acceptors (Lipinski definition) is 5. The summed E-state index contributed by atoms with van der Waals surface area (Å²) < 4.78 is 0. The Morgan fingerprint density at radius 3 is 3.10 bits per heavy atom. The van der Waals surface area contributed by atoms with E-state index in [9.17, 15) is 4.79 Å². The number of para-hydroxylation sites is 2. The number of rotatable bonds is 5. The number of hydrazone groups is 1. The summed E-state index contributed by atoms with van der Waals surface area (Å²) >= 11 is 2.92. The number of carbonyl (C=O) groups is 1. The summed E-state index contributed by atoms with van der Waals surface area (Å²) in [6, 6.07) is 11.6. The third-order valence-electron chi connectivity index (χ3n) is 2.63. The number of aromatic nitrogens is 2. The summed E-state index contributed by atoms with van der Waals surface area (Å²) in [7, 11) is 0. The Hall–Kier alpha value is -2.12. The molecule has 0 saturated heterocycles. The number of aromatic amines is 1. The maximum Gasteiger partial charge on any atom is 0.250 e. The second kappa shape index (κ2) is 6.55. The first kappa shape index (κ1) is 13.8. The molecule has 7 heteroatoms. The minimum Gasteiger partial charge on any atom is -0.333 e. The fourth-order valence-corrected chi connectivity index (χ4v) is 2.96. The van der Waals surface area contributed by atoms with Gasteiger partial charge in [-0.25, -0.2) is 10.4 Å². The van der Waals surface area contributed by atoms with E-state index >= 15 is 0 Å². The van der Waals surface area contributed by atoms with Crippen LogP contribution in [0.2, 0.25) is 0 Å². The third-order valence-corrected chi connectivity index (χ3v) is 4.31. The van der Waals surface area contributed by atoms with Crippen molar-refractivity contribution in [2.45, 2.75) is 5.16 Å². The molecule has 0 bridgehead atoms. The predicted octanol–water partition coefficient (Wildman–Crippen LogP) is 2.87. The van der Waals surface area contributed by atoms with E-state index in [2.05, 4.69) is 20.5 Å². The van der Waals surface area contributed by atoms with Crippen molar-refractivity contribution < 1.29 is 4.79 Å². The summed E-state index contributed by atoms with van der Waals surface area (Å²) in [5, 5.41) is 6.60. The number of fused-ring (bicyclic) bond motifs is 1. The number of imidazole rings is 1. The van der Waals surface area contributed by atoms with Crippen LogP contribution in [0.15, 0.2) is 52.0 Å². The average Bonchev–Trinajstić information content (AvgIpc) is 3.13. The minimum atomic E-state index is -0.159. The molecule has 3 rings (SSSR count). The molecule has 0 aliphatic heterocycles. The molecule has 0 aliphatic rings. The Bertz CT molecular complexity index is 731. The minimum absolute atomic E-state index is 0.159. The Kier molecular flexibility index (Phi) is 4.32. The van der Waals surface area contributed by atoms with Gasteiger partial charge in [0, 0.05) is 4.88 Å². The molecule has 0 saturated carbocycles. The SMILES string of the molecule is O=C(CSc1nc2ccccc2[nH]1)N/N=C/c1cccs1. The standard InChI is InChI=1S/C14H12N4OS2/c19-13(18-15-8-10-4-3-7-20-10)9-21-14-16-11-5-1-2-6-12(11)17-14/h1-8H,9H2,(H,16,17)(H,18,19)/b15-8+. The molecule has 0 aliphatic carbocycles. The molecule has 1 amide bonds. The number of carbonyl (C=O) groups excluding carboxylic acids is 1. The Labute approximate surface area is 129 Å². The van der Waals surface area contributed by atoms with Crippen molar-refractivity contribution in [3.8, 4) is 0 Å². The molecule has 21 heavy (non-hydrogen) atoms. The lowest BCUT2D eigenvalue weighted by molar-refractivity contribution is -0.118. The fourth-order valence-electron chi connectivity index (χ4n) is 1.70. The van der Waals surface area contributed by atoms with Gasteiger partial charge in [0.1, 0.15) is 0 Å². The van der Waals surface area contributed by atoms with Gasteiger partial charge in [0.25, 0.3) is 5.91 Å². The zero-order chi connectivity index (χ0) is 14.5. The van der Waals surface area contributed by atoms with E-state index in [4.69, 9.17) is 0 Å². The zero-order valence-corrected chi connectivity index (χ0v) is 12.6. The van der Waals surface area contributed by atoms with E-state index in [0.717, 1.165) is 21.1 Å². The molecule has 2 heterocycles. The molecule has 5 nitrogen and oxygen atoms in total. The quantitative estimate of drug-likeness (QED) is 0.432. The highest BCUT2D eigenvalue weighted by Gasteiger charge is 2.06. The summed E-state index contributed by atoms with van der Waals surface area (Å²) in [5.74, 6) is 0.106. The zero-order valence-electron chi connectivity index (χ0n) is 10.9. The third kappa shape index (κ3) is 3.71. The van der Waals surface area contributed by atoms with Crippen LogP contribution in [0.3, 0.4) is 0 Å². The van der Waals surface area contributed by atoms with Gasteiger partial charge in [-0.2, -0.15) is 5.10 Å². The van der Waals surface area contributed by atoms with E-state index < -0.39 is 0 Å². The van der Waals surface area contributed by atoms with Crippen LogP contribution < -0.4 is 5.43 Å². The topological polar surface area (TPSA) is 70.1 Å². The molecule has 1 aromatic carbocycles. The lowest BCUT2D eigenvalue weighted by atomic mass is 10.3. The second-order valence-electron chi connectivity index (χ2n) is 4.16. The van der Waals surface area contributed by atoms with Gasteiger partial charge in [-0.05, 0) is 23.6 Å². The second-order valence-corrected chi connectivity index (χ2v) is 6.10. The first-order valence-electron chi connectivity index (χ1n) is 6.24. The number of thioether (sulfide) groups is 1. The van der Waals surface area contributed by atoms with E-state index in [1.165, 1.54) is 11.8 Å². The summed E-state index contributed by atoms with van der Waals surface area (Å²) in [5.41, 5.74) is 4.37. The van der Waals surface area contributed by atoms with Crippen LogP contribution >= 0.6 is 23.1 Å². The summed E-state index contributed by atoms with van der Waals surface area (Å²) in [6.07, 6.45) is 1.63. The molecule has 0 atom stereocenters. The number of amides is 1. The van der Waals surface area contributed by atoms with Crippen molar-refractivity contribution in [3.05, 3.63) is 46.7 Å². The molecule has 2 aromatic heterocycles. The lowest BCUT2D eigenvalue weighted by Gasteiger charge is -1.97. The summed E-state index contributed by atoms with van der Waals surface area (Å²) in [6.45, 7) is 0. The van der Waals surface area contributed by atoms with Gasteiger partial charge in [-0.3, -0.25) is 4.79 Å². The normalized spacial score (nSPS) is 11.2. The van der Waals surface area contributed by atoms with E-state index in [0.29, 0.717) is 0 Å². The van der Waals surface area contributed by atoms with Crippen LogP contribution in [0, 0.1) is 0 Å². The van der Waals surface area contributed by atoms with Crippen molar-refractivity contribution in [1.82, 2.24) is 15.4 Å². The van der Waals surface area contributed by atoms with Gasteiger partial charge in [-0.15, -0.1) is 11.3 Å². The molecule has 0 spiro atoms. The maximum absolute atomic E-state index is 11.7. The van der Waals surface area contributed by atoms with Gasteiger partial charge >= 0.3 is 0 Å². The van der Waals surface area contributed by atoms with Gasteiger partial charge in [0.15, 0.2) is 5.16 Å². The average molecular weight is 316 g/mol. The Balaban J connectivity index is 1.51. The fraction of sp³-hybridized carbons (Fsp3) is 0.0714. The van der Waals surface area contributed by atoms with Crippen LogP contribution in [0.5, 0.6) is 0 Å². The van der Waals surface area contributed by atoms with Crippen molar-refractivity contribution in [1.29, 1.82) is 0 Å². The number of nitrogens with zero attached hydrogens (tertiary/aromatic N) is 2. The van der Waals surface area contributed by atoms with Gasteiger partial charge in [0.05, 0.1) is 23.0 Å². The highest BCUT2D eigenvalue weighted by atomic mass is 32.2. The van der Waals surface area contributed by atoms with Gasteiger partial charge < -0.3 is 4.98 Å². The first-order chi connectivity index (χ1) is 10.3. The monoisotopic (exact) mass is 316 g/mol. The molecule has 106 valence electrons. The Morgan fingerprint density at radius 1 is 1.38 bits per heavy atom. The number of hydrogen-bond donors (Lipinski definition) is 2. The molecule has 0 unspecified atom stereocenters.